The molecule has 1 aromatic carbocycles. The zero-order valence-electron chi connectivity index (χ0n) is 15.9. The lowest BCUT2D eigenvalue weighted by Gasteiger charge is -2.23. The summed E-state index contributed by atoms with van der Waals surface area (Å²) in [5.74, 6) is 0.695. The number of aryl methyl sites for hydroxylation is 1. The molecule has 9 heteroatoms. The molecule has 2 aromatic heterocycles. The van der Waals surface area contributed by atoms with Crippen molar-refractivity contribution in [2.24, 2.45) is 5.73 Å². The molecule has 0 radical (unpaired) electrons. The van der Waals surface area contributed by atoms with Gasteiger partial charge in [0, 0.05) is 30.9 Å². The fourth-order valence-corrected chi connectivity index (χ4v) is 3.72. The van der Waals surface area contributed by atoms with Crippen LogP contribution < -0.4 is 10.5 Å². The van der Waals surface area contributed by atoms with E-state index in [4.69, 9.17) is 36.5 Å². The fraction of sp³-hybridized carbons (Fsp3) is 0.368. The van der Waals surface area contributed by atoms with E-state index in [2.05, 4.69) is 5.10 Å². The molecule has 1 aliphatic rings. The number of aromatic nitrogens is 3. The molecule has 3 heterocycles. The Morgan fingerprint density at radius 3 is 2.82 bits per heavy atom. The third-order valence-corrected chi connectivity index (χ3v) is 5.18. The van der Waals surface area contributed by atoms with Crippen LogP contribution in [0, 0.1) is 6.92 Å². The number of benzene rings is 1. The summed E-state index contributed by atoms with van der Waals surface area (Å²) in [5.41, 5.74) is 10.4. The molecule has 0 spiro atoms. The second-order valence-corrected chi connectivity index (χ2v) is 7.02. The fourth-order valence-electron chi connectivity index (χ4n) is 3.45. The zero-order chi connectivity index (χ0) is 19.2. The van der Waals surface area contributed by atoms with Gasteiger partial charge in [-0.1, -0.05) is 11.6 Å². The summed E-state index contributed by atoms with van der Waals surface area (Å²) >= 11 is 6.50. The van der Waals surface area contributed by atoms with E-state index in [1.807, 2.05) is 25.3 Å². The Morgan fingerprint density at radius 2 is 2.14 bits per heavy atom. The highest BCUT2D eigenvalue weighted by Gasteiger charge is 2.39. The molecule has 1 unspecified atom stereocenters. The first-order chi connectivity index (χ1) is 13.0. The van der Waals surface area contributed by atoms with E-state index >= 15 is 0 Å². The van der Waals surface area contributed by atoms with Crippen molar-refractivity contribution in [3.8, 4) is 16.9 Å². The number of halogens is 2. The first-order valence-electron chi connectivity index (χ1n) is 8.62. The molecule has 0 amide bonds. The molecule has 3 aromatic rings. The Hall–Kier alpha value is -1.90. The highest BCUT2D eigenvalue weighted by atomic mass is 35.5. The molecule has 150 valence electrons. The average molecular weight is 425 g/mol. The van der Waals surface area contributed by atoms with Gasteiger partial charge in [-0.25, -0.2) is 9.50 Å². The number of methoxy groups -OCH3 is 2. The van der Waals surface area contributed by atoms with Crippen LogP contribution in [0.25, 0.3) is 16.8 Å². The lowest BCUT2D eigenvalue weighted by atomic mass is 10.0. The molecular formula is C19H22Cl2N4O3. The normalized spacial score (nSPS) is 18.2. The summed E-state index contributed by atoms with van der Waals surface area (Å²) < 4.78 is 18.0. The van der Waals surface area contributed by atoms with E-state index in [0.717, 1.165) is 28.1 Å². The van der Waals surface area contributed by atoms with Crippen molar-refractivity contribution in [2.45, 2.75) is 25.7 Å². The molecule has 2 N–H and O–H groups in total. The van der Waals surface area contributed by atoms with Crippen LogP contribution in [0.4, 0.5) is 0 Å². The predicted molar refractivity (Wildman–Crippen MR) is 109 cm³/mol. The molecule has 0 saturated heterocycles. The van der Waals surface area contributed by atoms with Crippen LogP contribution in [0.3, 0.4) is 0 Å². The average Bonchev–Trinajstić information content (AvgIpc) is 3.15. The van der Waals surface area contributed by atoms with Crippen LogP contribution in [0.5, 0.6) is 5.75 Å². The molecule has 1 atom stereocenters. The highest BCUT2D eigenvalue weighted by Crippen LogP contribution is 2.38. The second-order valence-electron chi connectivity index (χ2n) is 6.61. The predicted octanol–water partition coefficient (Wildman–Crippen LogP) is 3.47. The number of nitrogens with zero attached hydrogens (tertiary/aromatic N) is 3. The maximum absolute atomic E-state index is 6.50. The molecule has 0 bridgehead atoms. The summed E-state index contributed by atoms with van der Waals surface area (Å²) in [6.07, 6.45) is 2.44. The molecule has 0 fully saturated rings. The smallest absolute Gasteiger partial charge is 0.163 e. The minimum absolute atomic E-state index is 0. The van der Waals surface area contributed by atoms with Crippen LogP contribution in [0.1, 0.15) is 23.4 Å². The largest absolute Gasteiger partial charge is 0.497 e. The molecular weight excluding hydrogens is 403 g/mol. The van der Waals surface area contributed by atoms with Gasteiger partial charge in [0.1, 0.15) is 5.75 Å². The number of hydrogen-bond acceptors (Lipinski definition) is 6. The molecule has 0 aliphatic carbocycles. The van der Waals surface area contributed by atoms with Gasteiger partial charge < -0.3 is 14.2 Å². The minimum atomic E-state index is -0.966. The Morgan fingerprint density at radius 1 is 1.36 bits per heavy atom. The number of fused-ring (bicyclic) bond motifs is 2. The van der Waals surface area contributed by atoms with Gasteiger partial charge in [0.05, 0.1) is 42.3 Å². The van der Waals surface area contributed by atoms with Gasteiger partial charge >= 0.3 is 0 Å². The van der Waals surface area contributed by atoms with Gasteiger partial charge in [0.2, 0.25) is 0 Å². The van der Waals surface area contributed by atoms with Gasteiger partial charge in [-0.15, -0.1) is 12.4 Å². The van der Waals surface area contributed by atoms with Crippen LogP contribution in [-0.2, 0) is 21.8 Å². The number of nitrogens with two attached hydrogens (primary N) is 1. The third-order valence-electron chi connectivity index (χ3n) is 4.87. The van der Waals surface area contributed by atoms with Crippen molar-refractivity contribution in [1.82, 2.24) is 14.6 Å². The standard InChI is InChI=1S/C19H21ClN4O3.ClH/c1-11-16(14-5-4-13(26-3)8-15(14)20)18-22-17-12(9-24(18)23-11)10-27-19(17,21)6-7-25-2;/h4-5,8-9H,6-7,10,21H2,1-3H3;1H. The topological polar surface area (TPSA) is 83.9 Å². The van der Waals surface area contributed by atoms with Crippen molar-refractivity contribution < 1.29 is 14.2 Å². The summed E-state index contributed by atoms with van der Waals surface area (Å²) in [5, 5.41) is 5.18. The van der Waals surface area contributed by atoms with E-state index in [1.54, 1.807) is 24.8 Å². The van der Waals surface area contributed by atoms with Gasteiger partial charge in [0.25, 0.3) is 0 Å². The lowest BCUT2D eigenvalue weighted by Crippen LogP contribution is -2.38. The Balaban J connectivity index is 0.00000225. The Labute approximate surface area is 174 Å². The molecule has 0 saturated carbocycles. The van der Waals surface area contributed by atoms with E-state index in [1.165, 1.54) is 0 Å². The lowest BCUT2D eigenvalue weighted by molar-refractivity contribution is -0.0544. The van der Waals surface area contributed by atoms with Crippen molar-refractivity contribution in [3.63, 3.8) is 0 Å². The summed E-state index contributed by atoms with van der Waals surface area (Å²) in [6.45, 7) is 2.82. The Bertz CT molecular complexity index is 1020. The van der Waals surface area contributed by atoms with Crippen LogP contribution in [-0.4, -0.2) is 35.4 Å². The van der Waals surface area contributed by atoms with Gasteiger partial charge in [-0.3, -0.25) is 5.73 Å². The van der Waals surface area contributed by atoms with E-state index < -0.39 is 5.72 Å². The SMILES string of the molecule is COCCC1(N)OCc2cn3nc(C)c(-c4ccc(OC)cc4Cl)c3nc21.Cl. The van der Waals surface area contributed by atoms with Crippen molar-refractivity contribution in [3.05, 3.63) is 46.4 Å². The first-order valence-corrected chi connectivity index (χ1v) is 8.99. The number of ether oxygens (including phenoxy) is 3. The summed E-state index contributed by atoms with van der Waals surface area (Å²) in [6, 6.07) is 5.56. The van der Waals surface area contributed by atoms with Crippen molar-refractivity contribution >= 4 is 29.7 Å². The number of hydrogen-bond donors (Lipinski definition) is 1. The van der Waals surface area contributed by atoms with Crippen molar-refractivity contribution in [2.75, 3.05) is 20.8 Å². The van der Waals surface area contributed by atoms with E-state index in [0.29, 0.717) is 36.1 Å². The van der Waals surface area contributed by atoms with Crippen LogP contribution >= 0.6 is 24.0 Å². The molecule has 1 aliphatic heterocycles. The molecule has 28 heavy (non-hydrogen) atoms. The third kappa shape index (κ3) is 3.33. The maximum atomic E-state index is 6.50. The van der Waals surface area contributed by atoms with Crippen LogP contribution in [0.15, 0.2) is 24.4 Å². The quantitative estimate of drug-likeness (QED) is 0.674. The van der Waals surface area contributed by atoms with Crippen LogP contribution in [0.2, 0.25) is 5.02 Å². The van der Waals surface area contributed by atoms with E-state index in [-0.39, 0.29) is 12.4 Å². The number of rotatable bonds is 5. The maximum Gasteiger partial charge on any atom is 0.163 e. The molecule has 4 rings (SSSR count). The highest BCUT2D eigenvalue weighted by molar-refractivity contribution is 6.33. The van der Waals surface area contributed by atoms with Gasteiger partial charge in [-0.05, 0) is 25.1 Å². The Kier molecular flexibility index (Phi) is 5.84. The zero-order valence-corrected chi connectivity index (χ0v) is 17.4. The van der Waals surface area contributed by atoms with Crippen molar-refractivity contribution in [1.29, 1.82) is 0 Å². The molecule has 7 nitrogen and oxygen atoms in total. The van der Waals surface area contributed by atoms with Gasteiger partial charge in [0.15, 0.2) is 11.4 Å². The first kappa shape index (κ1) is 20.8. The monoisotopic (exact) mass is 424 g/mol. The minimum Gasteiger partial charge on any atom is -0.497 e. The summed E-state index contributed by atoms with van der Waals surface area (Å²) in [4.78, 5) is 4.85. The summed E-state index contributed by atoms with van der Waals surface area (Å²) in [7, 11) is 3.25. The second kappa shape index (κ2) is 7.85. The van der Waals surface area contributed by atoms with E-state index in [9.17, 15) is 0 Å². The van der Waals surface area contributed by atoms with Gasteiger partial charge in [-0.2, -0.15) is 5.10 Å².